The number of thiocarbonyl (C=S) groups is 1. The van der Waals surface area contributed by atoms with Crippen LogP contribution >= 0.6 is 12.2 Å². The third-order valence-electron chi connectivity index (χ3n) is 5.50. The number of nitrogens with one attached hydrogen (secondary N) is 1. The van der Waals surface area contributed by atoms with E-state index in [0.717, 1.165) is 28.1 Å². The number of carbonyl (C=O) groups excluding carboxylic acids is 1. The summed E-state index contributed by atoms with van der Waals surface area (Å²) in [6.07, 6.45) is 0. The van der Waals surface area contributed by atoms with E-state index in [1.807, 2.05) is 57.8 Å². The molecule has 1 N–H and O–H groups in total. The Morgan fingerprint density at radius 3 is 2.52 bits per heavy atom. The van der Waals surface area contributed by atoms with Crippen molar-refractivity contribution in [1.82, 2.24) is 9.88 Å². The Morgan fingerprint density at radius 2 is 1.93 bits per heavy atom. The molecule has 2 aromatic rings. The zero-order chi connectivity index (χ0) is 21.5. The molecule has 0 spiro atoms. The fourth-order valence-corrected chi connectivity index (χ4v) is 4.08. The molecule has 2 heterocycles. The topological polar surface area (TPSA) is 70.3 Å². The van der Waals surface area contributed by atoms with E-state index in [0.29, 0.717) is 22.1 Å². The minimum absolute atomic E-state index is 0.431. The zero-order valence-corrected chi connectivity index (χ0v) is 18.3. The molecule has 0 unspecified atom stereocenters. The SMILES string of the molecule is COC(=O)C1=C(C)N(c2cc(C)ccc2C)C(=S)N[C@@H]1c1cc(C#N)n(C)c1C. The Labute approximate surface area is 176 Å². The summed E-state index contributed by atoms with van der Waals surface area (Å²) in [6.45, 7) is 7.82. The average molecular weight is 409 g/mol. The molecule has 0 radical (unpaired) electrons. The summed E-state index contributed by atoms with van der Waals surface area (Å²) >= 11 is 5.71. The number of benzene rings is 1. The van der Waals surface area contributed by atoms with Crippen molar-refractivity contribution in [2.24, 2.45) is 7.05 Å². The van der Waals surface area contributed by atoms with Gasteiger partial charge >= 0.3 is 5.97 Å². The molecule has 29 heavy (non-hydrogen) atoms. The summed E-state index contributed by atoms with van der Waals surface area (Å²) in [5, 5.41) is 13.2. The molecule has 3 rings (SSSR count). The number of esters is 1. The molecular formula is C22H24N4O2S. The van der Waals surface area contributed by atoms with E-state index in [4.69, 9.17) is 17.0 Å². The summed E-state index contributed by atoms with van der Waals surface area (Å²) in [5.41, 5.74) is 6.47. The molecule has 6 nitrogen and oxygen atoms in total. The fourth-order valence-electron chi connectivity index (χ4n) is 3.72. The number of aromatic nitrogens is 1. The first-order valence-corrected chi connectivity index (χ1v) is 9.65. The number of methoxy groups -OCH3 is 1. The third kappa shape index (κ3) is 3.40. The quantitative estimate of drug-likeness (QED) is 0.617. The molecule has 0 saturated carbocycles. The maximum absolute atomic E-state index is 12.8. The van der Waals surface area contributed by atoms with Gasteiger partial charge in [0.25, 0.3) is 0 Å². The number of nitrogens with zero attached hydrogens (tertiary/aromatic N) is 3. The molecule has 7 heteroatoms. The molecule has 0 amide bonds. The van der Waals surface area contributed by atoms with Crippen LogP contribution in [0.2, 0.25) is 0 Å². The van der Waals surface area contributed by atoms with Crippen LogP contribution in [-0.2, 0) is 16.6 Å². The number of rotatable bonds is 3. The number of aryl methyl sites for hydroxylation is 2. The van der Waals surface area contributed by atoms with E-state index in [1.165, 1.54) is 7.11 Å². The van der Waals surface area contributed by atoms with Gasteiger partial charge in [0.1, 0.15) is 11.8 Å². The largest absolute Gasteiger partial charge is 0.466 e. The second-order valence-corrected chi connectivity index (χ2v) is 7.63. The van der Waals surface area contributed by atoms with E-state index in [2.05, 4.69) is 11.4 Å². The number of allylic oxidation sites excluding steroid dienone is 1. The van der Waals surface area contributed by atoms with Gasteiger partial charge in [0.2, 0.25) is 0 Å². The van der Waals surface area contributed by atoms with Crippen LogP contribution in [0.1, 0.15) is 41.0 Å². The standard InChI is InChI=1S/C22H24N4O2S/c1-12-7-8-13(2)18(9-12)26-15(4)19(21(27)28-6)20(24-22(26)29)17-10-16(11-23)25(5)14(17)3/h7-10,20H,1-6H3,(H,24,29)/t20-/m1/s1. The van der Waals surface area contributed by atoms with E-state index in [9.17, 15) is 10.1 Å². The molecule has 1 aliphatic heterocycles. The zero-order valence-electron chi connectivity index (χ0n) is 17.5. The second-order valence-electron chi connectivity index (χ2n) is 7.24. The van der Waals surface area contributed by atoms with Crippen LogP contribution in [-0.4, -0.2) is 22.8 Å². The molecule has 150 valence electrons. The minimum Gasteiger partial charge on any atom is -0.466 e. The molecule has 0 bridgehead atoms. The van der Waals surface area contributed by atoms with Gasteiger partial charge in [-0.05, 0) is 63.2 Å². The Morgan fingerprint density at radius 1 is 1.24 bits per heavy atom. The van der Waals surface area contributed by atoms with Crippen molar-refractivity contribution in [2.75, 3.05) is 12.0 Å². The second kappa shape index (κ2) is 7.72. The van der Waals surface area contributed by atoms with Gasteiger partial charge in [0.15, 0.2) is 5.11 Å². The van der Waals surface area contributed by atoms with Gasteiger partial charge in [-0.1, -0.05) is 12.1 Å². The number of ether oxygens (including phenoxy) is 1. The highest BCUT2D eigenvalue weighted by Crippen LogP contribution is 2.37. The number of hydrogen-bond donors (Lipinski definition) is 1. The highest BCUT2D eigenvalue weighted by atomic mass is 32.1. The lowest BCUT2D eigenvalue weighted by Gasteiger charge is -2.38. The lowest BCUT2D eigenvalue weighted by molar-refractivity contribution is -0.136. The summed E-state index contributed by atoms with van der Waals surface area (Å²) < 4.78 is 6.92. The minimum atomic E-state index is -0.496. The van der Waals surface area contributed by atoms with Crippen LogP contribution in [0.25, 0.3) is 0 Å². The average Bonchev–Trinajstić information content (AvgIpc) is 2.97. The van der Waals surface area contributed by atoms with Crippen molar-refractivity contribution in [3.05, 3.63) is 63.6 Å². The van der Waals surface area contributed by atoms with Gasteiger partial charge in [0, 0.05) is 24.0 Å². The third-order valence-corrected chi connectivity index (χ3v) is 5.80. The highest BCUT2D eigenvalue weighted by molar-refractivity contribution is 7.80. The maximum Gasteiger partial charge on any atom is 0.337 e. The van der Waals surface area contributed by atoms with Gasteiger partial charge < -0.3 is 14.6 Å². The van der Waals surface area contributed by atoms with Crippen LogP contribution in [0.4, 0.5) is 5.69 Å². The first kappa shape index (κ1) is 20.6. The predicted octanol–water partition coefficient (Wildman–Crippen LogP) is 3.70. The molecule has 0 saturated heterocycles. The fraction of sp³-hybridized carbons (Fsp3) is 0.318. The van der Waals surface area contributed by atoms with Gasteiger partial charge in [-0.25, -0.2) is 4.79 Å². The number of nitriles is 1. The van der Waals surface area contributed by atoms with Gasteiger partial charge in [0.05, 0.1) is 24.4 Å². The van der Waals surface area contributed by atoms with Crippen molar-refractivity contribution < 1.29 is 9.53 Å². The lowest BCUT2D eigenvalue weighted by atomic mass is 9.94. The molecule has 1 aromatic heterocycles. The predicted molar refractivity (Wildman–Crippen MR) is 116 cm³/mol. The number of carbonyl (C=O) groups is 1. The normalized spacial score (nSPS) is 16.5. The Hall–Kier alpha value is -3.11. The Balaban J connectivity index is 2.23. The van der Waals surface area contributed by atoms with Crippen molar-refractivity contribution in [3.63, 3.8) is 0 Å². The summed E-state index contributed by atoms with van der Waals surface area (Å²) in [4.78, 5) is 14.7. The monoisotopic (exact) mass is 408 g/mol. The number of anilines is 1. The summed E-state index contributed by atoms with van der Waals surface area (Å²) in [6, 6.07) is 9.60. The first-order valence-electron chi connectivity index (χ1n) is 9.24. The van der Waals surface area contributed by atoms with Crippen LogP contribution in [0.3, 0.4) is 0 Å². The highest BCUT2D eigenvalue weighted by Gasteiger charge is 2.37. The van der Waals surface area contributed by atoms with Crippen molar-refractivity contribution >= 4 is 29.0 Å². The molecular weight excluding hydrogens is 384 g/mol. The van der Waals surface area contributed by atoms with Gasteiger partial charge in [-0.15, -0.1) is 0 Å². The summed E-state index contributed by atoms with van der Waals surface area (Å²) in [7, 11) is 3.20. The molecule has 1 aliphatic rings. The van der Waals surface area contributed by atoms with E-state index in [-0.39, 0.29) is 0 Å². The van der Waals surface area contributed by atoms with Crippen LogP contribution in [0, 0.1) is 32.1 Å². The Kier molecular flexibility index (Phi) is 5.49. The molecule has 1 aromatic carbocycles. The molecule has 1 atom stereocenters. The summed E-state index contributed by atoms with van der Waals surface area (Å²) in [5.74, 6) is -0.431. The molecule has 0 fully saturated rings. The van der Waals surface area contributed by atoms with E-state index in [1.54, 1.807) is 10.6 Å². The van der Waals surface area contributed by atoms with Gasteiger partial charge in [-0.3, -0.25) is 4.90 Å². The van der Waals surface area contributed by atoms with Crippen molar-refractivity contribution in [2.45, 2.75) is 33.7 Å². The first-order chi connectivity index (χ1) is 13.7. The molecule has 0 aliphatic carbocycles. The van der Waals surface area contributed by atoms with Crippen molar-refractivity contribution in [1.29, 1.82) is 5.26 Å². The van der Waals surface area contributed by atoms with E-state index >= 15 is 0 Å². The van der Waals surface area contributed by atoms with Crippen LogP contribution in [0.5, 0.6) is 0 Å². The smallest absolute Gasteiger partial charge is 0.337 e. The number of hydrogen-bond acceptors (Lipinski definition) is 4. The lowest BCUT2D eigenvalue weighted by Crippen LogP contribution is -2.48. The van der Waals surface area contributed by atoms with Gasteiger partial charge in [-0.2, -0.15) is 5.26 Å². The Bertz CT molecular complexity index is 1090. The van der Waals surface area contributed by atoms with Crippen LogP contribution in [0.15, 0.2) is 35.5 Å². The van der Waals surface area contributed by atoms with Crippen LogP contribution < -0.4 is 10.2 Å². The van der Waals surface area contributed by atoms with Crippen molar-refractivity contribution in [3.8, 4) is 6.07 Å². The maximum atomic E-state index is 12.8. The van der Waals surface area contributed by atoms with E-state index < -0.39 is 12.0 Å².